The van der Waals surface area contributed by atoms with Crippen molar-refractivity contribution in [2.45, 2.75) is 12.8 Å². The van der Waals surface area contributed by atoms with Crippen molar-refractivity contribution >= 4 is 11.9 Å². The van der Waals surface area contributed by atoms with Crippen molar-refractivity contribution in [1.82, 2.24) is 0 Å². The fraction of sp³-hybridized carbons (Fsp3) is 0.412. The highest BCUT2D eigenvalue weighted by molar-refractivity contribution is 5.78. The Bertz CT molecular complexity index is 485. The topological polar surface area (TPSA) is 82.1 Å². The first-order valence-corrected chi connectivity index (χ1v) is 7.38. The van der Waals surface area contributed by atoms with Crippen molar-refractivity contribution in [2.75, 3.05) is 26.4 Å². The first-order chi connectivity index (χ1) is 11.1. The summed E-state index contributed by atoms with van der Waals surface area (Å²) in [6, 6.07) is 9.37. The SMILES string of the molecule is C=CCC(CC(=O)OCCOCCOc1ccccc1)C(=O)O. The summed E-state index contributed by atoms with van der Waals surface area (Å²) < 4.78 is 15.6. The van der Waals surface area contributed by atoms with E-state index in [0.29, 0.717) is 13.2 Å². The molecule has 23 heavy (non-hydrogen) atoms. The number of carboxylic acid groups (broad SMARTS) is 1. The van der Waals surface area contributed by atoms with Gasteiger partial charge in [-0.2, -0.15) is 0 Å². The first-order valence-electron chi connectivity index (χ1n) is 7.38. The van der Waals surface area contributed by atoms with Crippen LogP contribution in [0.3, 0.4) is 0 Å². The molecule has 0 aliphatic heterocycles. The van der Waals surface area contributed by atoms with Gasteiger partial charge in [0.2, 0.25) is 0 Å². The van der Waals surface area contributed by atoms with Crippen molar-refractivity contribution in [3.63, 3.8) is 0 Å². The maximum Gasteiger partial charge on any atom is 0.307 e. The molecule has 0 aliphatic rings. The summed E-state index contributed by atoms with van der Waals surface area (Å²) >= 11 is 0. The number of benzene rings is 1. The molecule has 0 aliphatic carbocycles. The van der Waals surface area contributed by atoms with Crippen molar-refractivity contribution in [1.29, 1.82) is 0 Å². The molecule has 0 heterocycles. The molecule has 0 saturated carbocycles. The van der Waals surface area contributed by atoms with E-state index in [9.17, 15) is 9.59 Å². The molecular weight excluding hydrogens is 300 g/mol. The second kappa shape index (κ2) is 11.3. The Balaban J connectivity index is 2.04. The monoisotopic (exact) mass is 322 g/mol. The van der Waals surface area contributed by atoms with Crippen LogP contribution in [0.1, 0.15) is 12.8 Å². The summed E-state index contributed by atoms with van der Waals surface area (Å²) in [5.74, 6) is -1.61. The van der Waals surface area contributed by atoms with Crippen LogP contribution >= 0.6 is 0 Å². The summed E-state index contributed by atoms with van der Waals surface area (Å²) in [4.78, 5) is 22.4. The second-order valence-corrected chi connectivity index (χ2v) is 4.76. The van der Waals surface area contributed by atoms with E-state index >= 15 is 0 Å². The van der Waals surface area contributed by atoms with Gasteiger partial charge in [0.05, 0.1) is 25.6 Å². The molecule has 0 amide bonds. The van der Waals surface area contributed by atoms with E-state index in [0.717, 1.165) is 5.75 Å². The highest BCUT2D eigenvalue weighted by atomic mass is 16.6. The number of hydrogen-bond donors (Lipinski definition) is 1. The van der Waals surface area contributed by atoms with Crippen LogP contribution in [0.25, 0.3) is 0 Å². The van der Waals surface area contributed by atoms with Crippen LogP contribution in [0.4, 0.5) is 0 Å². The smallest absolute Gasteiger partial charge is 0.307 e. The quantitative estimate of drug-likeness (QED) is 0.361. The van der Waals surface area contributed by atoms with Crippen LogP contribution in [-0.2, 0) is 19.1 Å². The van der Waals surface area contributed by atoms with Gasteiger partial charge in [-0.3, -0.25) is 9.59 Å². The van der Waals surface area contributed by atoms with Gasteiger partial charge in [0, 0.05) is 0 Å². The zero-order valence-electron chi connectivity index (χ0n) is 13.0. The van der Waals surface area contributed by atoms with Crippen LogP contribution in [0.15, 0.2) is 43.0 Å². The number of ether oxygens (including phenoxy) is 3. The van der Waals surface area contributed by atoms with E-state index < -0.39 is 17.9 Å². The Labute approximate surface area is 135 Å². The summed E-state index contributed by atoms with van der Waals surface area (Å²) in [6.45, 7) is 4.57. The molecule has 126 valence electrons. The number of hydrogen-bond acceptors (Lipinski definition) is 5. The maximum atomic E-state index is 11.5. The molecule has 0 radical (unpaired) electrons. The van der Waals surface area contributed by atoms with Gasteiger partial charge < -0.3 is 19.3 Å². The molecule has 1 aromatic rings. The van der Waals surface area contributed by atoms with Gasteiger partial charge in [-0.15, -0.1) is 6.58 Å². The van der Waals surface area contributed by atoms with Crippen LogP contribution in [0, 0.1) is 5.92 Å². The van der Waals surface area contributed by atoms with Gasteiger partial charge in [0.15, 0.2) is 0 Å². The molecule has 6 heteroatoms. The zero-order valence-corrected chi connectivity index (χ0v) is 13.0. The van der Waals surface area contributed by atoms with Gasteiger partial charge in [0.1, 0.15) is 19.0 Å². The Morgan fingerprint density at radius 1 is 1.13 bits per heavy atom. The highest BCUT2D eigenvalue weighted by Crippen LogP contribution is 2.10. The van der Waals surface area contributed by atoms with E-state index in [1.54, 1.807) is 0 Å². The molecule has 0 fully saturated rings. The third-order valence-electron chi connectivity index (χ3n) is 2.94. The fourth-order valence-electron chi connectivity index (χ4n) is 1.78. The van der Waals surface area contributed by atoms with Crippen molar-refractivity contribution in [2.24, 2.45) is 5.92 Å². The molecule has 1 rings (SSSR count). The Morgan fingerprint density at radius 3 is 2.48 bits per heavy atom. The number of allylic oxidation sites excluding steroid dienone is 1. The van der Waals surface area contributed by atoms with Crippen LogP contribution in [-0.4, -0.2) is 43.5 Å². The van der Waals surface area contributed by atoms with Crippen LogP contribution in [0.5, 0.6) is 5.75 Å². The Morgan fingerprint density at radius 2 is 1.83 bits per heavy atom. The molecule has 1 atom stereocenters. The number of para-hydroxylation sites is 1. The predicted molar refractivity (Wildman–Crippen MR) is 84.3 cm³/mol. The van der Waals surface area contributed by atoms with Gasteiger partial charge in [-0.25, -0.2) is 0 Å². The number of aliphatic carboxylic acids is 1. The summed E-state index contributed by atoms with van der Waals surface area (Å²) in [5, 5.41) is 8.92. The predicted octanol–water partition coefficient (Wildman–Crippen LogP) is 2.29. The third kappa shape index (κ3) is 8.63. The molecule has 1 unspecified atom stereocenters. The Hall–Kier alpha value is -2.34. The van der Waals surface area contributed by atoms with E-state index in [4.69, 9.17) is 19.3 Å². The van der Waals surface area contributed by atoms with E-state index in [2.05, 4.69) is 6.58 Å². The number of esters is 1. The van der Waals surface area contributed by atoms with Gasteiger partial charge in [0.25, 0.3) is 0 Å². The van der Waals surface area contributed by atoms with Crippen LogP contribution in [0.2, 0.25) is 0 Å². The standard InChI is InChI=1S/C17H22O6/c1-2-6-14(17(19)20)13-16(18)23-12-10-21-9-11-22-15-7-4-3-5-8-15/h2-5,7-8,14H,1,6,9-13H2,(H,19,20). The van der Waals surface area contributed by atoms with Crippen molar-refractivity contribution < 1.29 is 28.9 Å². The van der Waals surface area contributed by atoms with Gasteiger partial charge >= 0.3 is 11.9 Å². The second-order valence-electron chi connectivity index (χ2n) is 4.76. The van der Waals surface area contributed by atoms with Crippen LogP contribution < -0.4 is 4.74 Å². The molecule has 6 nitrogen and oxygen atoms in total. The largest absolute Gasteiger partial charge is 0.491 e. The first kappa shape index (κ1) is 18.7. The lowest BCUT2D eigenvalue weighted by Gasteiger charge is -2.10. The minimum Gasteiger partial charge on any atom is -0.491 e. The summed E-state index contributed by atoms with van der Waals surface area (Å²) in [7, 11) is 0. The normalized spacial score (nSPS) is 11.5. The van der Waals surface area contributed by atoms with Gasteiger partial charge in [-0.1, -0.05) is 24.3 Å². The maximum absolute atomic E-state index is 11.5. The minimum absolute atomic E-state index is 0.0879. The molecule has 0 saturated heterocycles. The third-order valence-corrected chi connectivity index (χ3v) is 2.94. The van der Waals surface area contributed by atoms with Gasteiger partial charge in [-0.05, 0) is 18.6 Å². The lowest BCUT2D eigenvalue weighted by Crippen LogP contribution is -2.20. The fourth-order valence-corrected chi connectivity index (χ4v) is 1.78. The average Bonchev–Trinajstić information content (AvgIpc) is 2.54. The zero-order chi connectivity index (χ0) is 16.9. The number of carboxylic acids is 1. The number of rotatable bonds is 12. The highest BCUT2D eigenvalue weighted by Gasteiger charge is 2.20. The number of carbonyl (C=O) groups excluding carboxylic acids is 1. The lowest BCUT2D eigenvalue weighted by molar-refractivity contribution is -0.152. The molecule has 0 bridgehead atoms. The molecule has 0 aromatic heterocycles. The molecule has 1 N–H and O–H groups in total. The number of carbonyl (C=O) groups is 2. The summed E-state index contributed by atoms with van der Waals surface area (Å²) in [6.07, 6.45) is 1.54. The van der Waals surface area contributed by atoms with E-state index in [1.807, 2.05) is 30.3 Å². The van der Waals surface area contributed by atoms with E-state index in [1.165, 1.54) is 6.08 Å². The minimum atomic E-state index is -1.03. The molecule has 1 aromatic carbocycles. The summed E-state index contributed by atoms with van der Waals surface area (Å²) in [5.41, 5.74) is 0. The lowest BCUT2D eigenvalue weighted by atomic mass is 10.0. The Kier molecular flexibility index (Phi) is 9.16. The molecular formula is C17H22O6. The van der Waals surface area contributed by atoms with Crippen molar-refractivity contribution in [3.05, 3.63) is 43.0 Å². The van der Waals surface area contributed by atoms with E-state index in [-0.39, 0.29) is 26.1 Å². The average molecular weight is 322 g/mol. The molecule has 0 spiro atoms. The van der Waals surface area contributed by atoms with Crippen molar-refractivity contribution in [3.8, 4) is 5.75 Å².